The van der Waals surface area contributed by atoms with Crippen molar-refractivity contribution in [3.63, 3.8) is 0 Å². The first-order chi connectivity index (χ1) is 10.6. The molecule has 6 nitrogen and oxygen atoms in total. The minimum absolute atomic E-state index is 0.230. The van der Waals surface area contributed by atoms with E-state index >= 15 is 0 Å². The molecule has 0 radical (unpaired) electrons. The number of carbonyl (C=O) groups excluding carboxylic acids is 1. The Bertz CT molecular complexity index is 774. The summed E-state index contributed by atoms with van der Waals surface area (Å²) in [6.07, 6.45) is 1.98. The zero-order valence-electron chi connectivity index (χ0n) is 12.6. The normalized spacial score (nSPS) is 11.2. The molecule has 3 aromatic rings. The highest BCUT2D eigenvalue weighted by Crippen LogP contribution is 2.18. The van der Waals surface area contributed by atoms with Gasteiger partial charge in [0, 0.05) is 13.0 Å². The molecular weight excluding hydrogens is 280 g/mol. The predicted molar refractivity (Wildman–Crippen MR) is 81.7 cm³/mol. The zero-order valence-corrected chi connectivity index (χ0v) is 12.6. The molecule has 114 valence electrons. The summed E-state index contributed by atoms with van der Waals surface area (Å²) in [4.78, 5) is 16.4. The Morgan fingerprint density at radius 3 is 2.82 bits per heavy atom. The standard InChI is InChI=1S/C16H18N4O2/c1-11(2)9-17-15(21)14-13(8-12-6-4-3-5-7-12)20-16(22-14)18-10-19-20/h3-7,10-11H,8-9H2,1-2H3,(H,17,21). The molecule has 0 aliphatic carbocycles. The van der Waals surface area contributed by atoms with Gasteiger partial charge in [-0.2, -0.15) is 14.6 Å². The lowest BCUT2D eigenvalue weighted by Crippen LogP contribution is -2.28. The van der Waals surface area contributed by atoms with Crippen molar-refractivity contribution in [1.29, 1.82) is 0 Å². The quantitative estimate of drug-likeness (QED) is 0.784. The molecule has 22 heavy (non-hydrogen) atoms. The molecule has 0 atom stereocenters. The van der Waals surface area contributed by atoms with Gasteiger partial charge in [-0.3, -0.25) is 4.79 Å². The molecule has 0 aliphatic rings. The van der Waals surface area contributed by atoms with Crippen LogP contribution in [-0.2, 0) is 6.42 Å². The summed E-state index contributed by atoms with van der Waals surface area (Å²) in [5.74, 6) is 0.756. The third kappa shape index (κ3) is 2.86. The van der Waals surface area contributed by atoms with Gasteiger partial charge < -0.3 is 9.73 Å². The van der Waals surface area contributed by atoms with Crippen LogP contribution < -0.4 is 5.32 Å². The summed E-state index contributed by atoms with van der Waals surface area (Å²) in [6.45, 7) is 4.68. The summed E-state index contributed by atoms with van der Waals surface area (Å²) >= 11 is 0. The number of aromatic nitrogens is 3. The predicted octanol–water partition coefficient (Wildman–Crippen LogP) is 2.30. The van der Waals surface area contributed by atoms with Crippen LogP contribution in [0.4, 0.5) is 0 Å². The van der Waals surface area contributed by atoms with Gasteiger partial charge in [0.15, 0.2) is 0 Å². The van der Waals surface area contributed by atoms with Crippen molar-refractivity contribution in [3.8, 4) is 0 Å². The van der Waals surface area contributed by atoms with Gasteiger partial charge in [-0.25, -0.2) is 0 Å². The molecular formula is C16H18N4O2. The Morgan fingerprint density at radius 2 is 2.09 bits per heavy atom. The highest BCUT2D eigenvalue weighted by molar-refractivity contribution is 5.93. The van der Waals surface area contributed by atoms with E-state index in [1.807, 2.05) is 44.2 Å². The van der Waals surface area contributed by atoms with E-state index in [0.29, 0.717) is 30.4 Å². The maximum Gasteiger partial charge on any atom is 0.325 e. The molecule has 1 aromatic carbocycles. The molecule has 0 unspecified atom stereocenters. The Kier molecular flexibility index (Phi) is 3.91. The third-order valence-corrected chi connectivity index (χ3v) is 3.32. The monoisotopic (exact) mass is 298 g/mol. The molecule has 0 aliphatic heterocycles. The van der Waals surface area contributed by atoms with Gasteiger partial charge in [0.2, 0.25) is 5.76 Å². The van der Waals surface area contributed by atoms with Crippen molar-refractivity contribution in [2.75, 3.05) is 6.54 Å². The fourth-order valence-corrected chi connectivity index (χ4v) is 2.23. The van der Waals surface area contributed by atoms with Crippen molar-refractivity contribution in [2.45, 2.75) is 20.3 Å². The highest BCUT2D eigenvalue weighted by atomic mass is 16.4. The van der Waals surface area contributed by atoms with Gasteiger partial charge in [0.05, 0.1) is 0 Å². The molecule has 3 rings (SSSR count). The van der Waals surface area contributed by atoms with E-state index < -0.39 is 0 Å². The molecule has 0 saturated carbocycles. The van der Waals surface area contributed by atoms with E-state index in [1.165, 1.54) is 6.33 Å². The van der Waals surface area contributed by atoms with E-state index in [4.69, 9.17) is 4.42 Å². The summed E-state index contributed by atoms with van der Waals surface area (Å²) in [5.41, 5.74) is 1.79. The van der Waals surface area contributed by atoms with E-state index in [9.17, 15) is 4.79 Å². The summed E-state index contributed by atoms with van der Waals surface area (Å²) in [7, 11) is 0. The minimum atomic E-state index is -0.230. The number of rotatable bonds is 5. The van der Waals surface area contributed by atoms with Gasteiger partial charge in [-0.15, -0.1) is 0 Å². The number of hydrogen-bond donors (Lipinski definition) is 1. The zero-order chi connectivity index (χ0) is 15.5. The van der Waals surface area contributed by atoms with Crippen LogP contribution in [-0.4, -0.2) is 27.0 Å². The molecule has 0 spiro atoms. The van der Waals surface area contributed by atoms with Crippen LogP contribution in [0.25, 0.3) is 5.84 Å². The lowest BCUT2D eigenvalue weighted by atomic mass is 10.1. The lowest BCUT2D eigenvalue weighted by molar-refractivity contribution is 0.0922. The van der Waals surface area contributed by atoms with Crippen LogP contribution in [0.1, 0.15) is 35.7 Å². The van der Waals surface area contributed by atoms with Gasteiger partial charge in [-0.1, -0.05) is 44.2 Å². The maximum atomic E-state index is 12.4. The smallest absolute Gasteiger partial charge is 0.325 e. The summed E-state index contributed by atoms with van der Waals surface area (Å²) in [6, 6.07) is 9.90. The second kappa shape index (κ2) is 6.01. The molecule has 2 aromatic heterocycles. The first-order valence-corrected chi connectivity index (χ1v) is 7.28. The highest BCUT2D eigenvalue weighted by Gasteiger charge is 2.22. The fraction of sp³-hybridized carbons (Fsp3) is 0.312. The van der Waals surface area contributed by atoms with Crippen molar-refractivity contribution >= 4 is 11.8 Å². The Labute approximate surface area is 128 Å². The average Bonchev–Trinajstić information content (AvgIpc) is 3.08. The second-order valence-electron chi connectivity index (χ2n) is 5.60. The number of benzene rings is 1. The van der Waals surface area contributed by atoms with Crippen molar-refractivity contribution in [1.82, 2.24) is 19.9 Å². The number of nitrogens with zero attached hydrogens (tertiary/aromatic N) is 3. The molecule has 2 heterocycles. The average molecular weight is 298 g/mol. The van der Waals surface area contributed by atoms with Crippen LogP contribution in [0.3, 0.4) is 0 Å². The molecule has 1 N–H and O–H groups in total. The summed E-state index contributed by atoms with van der Waals surface area (Å²) < 4.78 is 7.16. The molecule has 6 heteroatoms. The minimum Gasteiger partial charge on any atom is -0.416 e. The van der Waals surface area contributed by atoms with E-state index in [0.717, 1.165) is 5.56 Å². The van der Waals surface area contributed by atoms with Gasteiger partial charge in [-0.05, 0) is 11.5 Å². The Hall–Kier alpha value is -2.63. The van der Waals surface area contributed by atoms with Crippen LogP contribution in [0.2, 0.25) is 0 Å². The number of carbonyl (C=O) groups is 1. The van der Waals surface area contributed by atoms with Gasteiger partial charge in [0.1, 0.15) is 12.0 Å². The van der Waals surface area contributed by atoms with Gasteiger partial charge in [0.25, 0.3) is 5.91 Å². The van der Waals surface area contributed by atoms with Crippen LogP contribution in [0.5, 0.6) is 0 Å². The summed E-state index contributed by atoms with van der Waals surface area (Å²) in [5, 5.41) is 7.02. The first-order valence-electron chi connectivity index (χ1n) is 7.28. The van der Waals surface area contributed by atoms with Crippen molar-refractivity contribution < 1.29 is 9.21 Å². The molecule has 0 fully saturated rings. The van der Waals surface area contributed by atoms with Crippen LogP contribution in [0.15, 0.2) is 41.1 Å². The van der Waals surface area contributed by atoms with Crippen LogP contribution >= 0.6 is 0 Å². The molecule has 0 saturated heterocycles. The maximum absolute atomic E-state index is 12.4. The number of fused-ring (bicyclic) bond motifs is 1. The fourth-order valence-electron chi connectivity index (χ4n) is 2.23. The SMILES string of the molecule is CC(C)CNC(=O)c1oc2ncnn2c1Cc1ccccc1. The third-order valence-electron chi connectivity index (χ3n) is 3.32. The molecule has 0 bridgehead atoms. The number of nitrogens with one attached hydrogen (secondary N) is 1. The van der Waals surface area contributed by atoms with E-state index in [-0.39, 0.29) is 11.7 Å². The Balaban J connectivity index is 1.94. The first kappa shape index (κ1) is 14.3. The number of oxazole rings is 1. The van der Waals surface area contributed by atoms with Gasteiger partial charge >= 0.3 is 5.84 Å². The van der Waals surface area contributed by atoms with Crippen LogP contribution in [0, 0.1) is 5.92 Å². The van der Waals surface area contributed by atoms with Crippen molar-refractivity contribution in [3.05, 3.63) is 53.7 Å². The number of amides is 1. The lowest BCUT2D eigenvalue weighted by Gasteiger charge is -2.07. The Morgan fingerprint density at radius 1 is 1.32 bits per heavy atom. The largest absolute Gasteiger partial charge is 0.416 e. The topological polar surface area (TPSA) is 72.4 Å². The second-order valence-corrected chi connectivity index (χ2v) is 5.60. The number of hydrogen-bond acceptors (Lipinski definition) is 4. The van der Waals surface area contributed by atoms with E-state index in [2.05, 4.69) is 15.4 Å². The van der Waals surface area contributed by atoms with Crippen molar-refractivity contribution in [2.24, 2.45) is 5.92 Å². The van der Waals surface area contributed by atoms with E-state index in [1.54, 1.807) is 4.52 Å². The molecule has 1 amide bonds.